The number of fused-ring (bicyclic) bond motifs is 2. The van der Waals surface area contributed by atoms with Crippen molar-refractivity contribution in [2.75, 3.05) is 0 Å². The van der Waals surface area contributed by atoms with E-state index in [1.54, 1.807) is 84.9 Å². The van der Waals surface area contributed by atoms with Crippen molar-refractivity contribution in [3.05, 3.63) is 140 Å². The first kappa shape index (κ1) is 24.1. The number of aryl methyl sites for hydroxylation is 1. The van der Waals surface area contributed by atoms with E-state index < -0.39 is 46.2 Å². The van der Waals surface area contributed by atoms with E-state index in [0.717, 1.165) is 10.0 Å². The molecule has 6 heteroatoms. The van der Waals surface area contributed by atoms with Crippen LogP contribution in [0.1, 0.15) is 70.1 Å². The average molecular weight is 577 g/mol. The summed E-state index contributed by atoms with van der Waals surface area (Å²) < 4.78 is 7.50. The van der Waals surface area contributed by atoms with E-state index in [4.69, 9.17) is 4.74 Å². The minimum atomic E-state index is -2.08. The topological polar surface area (TPSA) is 77.5 Å². The number of halogens is 1. The second kappa shape index (κ2) is 8.25. The molecule has 2 spiro atoms. The fourth-order valence-corrected chi connectivity index (χ4v) is 6.99. The van der Waals surface area contributed by atoms with Crippen LogP contribution < -0.4 is 0 Å². The number of carbonyl (C=O) groups is 4. The molecule has 0 amide bonds. The van der Waals surface area contributed by atoms with Gasteiger partial charge in [0.15, 0.2) is 11.6 Å². The Morgan fingerprint density at radius 1 is 0.590 bits per heavy atom. The largest absolute Gasteiger partial charge is 0.348 e. The number of ketones is 4. The van der Waals surface area contributed by atoms with Crippen molar-refractivity contribution in [2.45, 2.75) is 24.5 Å². The molecule has 1 heterocycles. The summed E-state index contributed by atoms with van der Waals surface area (Å²) in [6.45, 7) is 1.93. The summed E-state index contributed by atoms with van der Waals surface area (Å²) in [7, 11) is 0. The number of ether oxygens (including phenoxy) is 1. The van der Waals surface area contributed by atoms with Crippen LogP contribution >= 0.6 is 15.9 Å². The standard InChI is InChI=1S/C33H21BrO5/c1-18-10-12-19(13-11-18)26-32(27(35)22-6-2-3-7-23(22)28(32)36)31(20-14-16-21(34)17-15-20)39-33(26)29(37)24-8-4-5-9-25(24)30(33)38/h2-17,26,31H,1H3/t26-,31+/m0/s1. The SMILES string of the molecule is Cc1ccc([C@@H]2C3(O[C@H](c4ccc(Br)cc4)C24C(=O)c2ccccc2C4=O)C(=O)c2ccccc2C3=O)cc1. The Kier molecular flexibility index (Phi) is 5.09. The Bertz CT molecular complexity index is 1660. The molecule has 4 aromatic carbocycles. The van der Waals surface area contributed by atoms with Gasteiger partial charge in [0.05, 0.1) is 5.92 Å². The fourth-order valence-electron chi connectivity index (χ4n) is 6.72. The lowest BCUT2D eigenvalue weighted by Gasteiger charge is -2.34. The maximum atomic E-state index is 14.6. The van der Waals surface area contributed by atoms with Gasteiger partial charge in [0.2, 0.25) is 17.2 Å². The van der Waals surface area contributed by atoms with E-state index in [1.165, 1.54) is 0 Å². The van der Waals surface area contributed by atoms with E-state index in [0.29, 0.717) is 11.1 Å². The Labute approximate surface area is 232 Å². The summed E-state index contributed by atoms with van der Waals surface area (Å²) in [5.74, 6) is -3.10. The van der Waals surface area contributed by atoms with E-state index in [9.17, 15) is 19.2 Å². The molecule has 5 nitrogen and oxygen atoms in total. The van der Waals surface area contributed by atoms with Gasteiger partial charge in [0.1, 0.15) is 11.5 Å². The zero-order valence-corrected chi connectivity index (χ0v) is 22.4. The van der Waals surface area contributed by atoms with Crippen molar-refractivity contribution >= 4 is 39.1 Å². The van der Waals surface area contributed by atoms with Gasteiger partial charge in [-0.3, -0.25) is 19.2 Å². The number of carbonyl (C=O) groups excluding carboxylic acids is 4. The minimum absolute atomic E-state index is 0.238. The molecule has 3 aliphatic rings. The van der Waals surface area contributed by atoms with Gasteiger partial charge in [-0.05, 0) is 30.2 Å². The third-order valence-corrected chi connectivity index (χ3v) is 8.95. The molecule has 2 atom stereocenters. The molecular formula is C33H21BrO5. The van der Waals surface area contributed by atoms with Crippen LogP contribution in [0.25, 0.3) is 0 Å². The number of hydrogen-bond donors (Lipinski definition) is 0. The van der Waals surface area contributed by atoms with Crippen molar-refractivity contribution in [1.29, 1.82) is 0 Å². The number of hydrogen-bond acceptors (Lipinski definition) is 5. The van der Waals surface area contributed by atoms with Gasteiger partial charge in [-0.2, -0.15) is 0 Å². The maximum absolute atomic E-state index is 14.6. The summed E-state index contributed by atoms with van der Waals surface area (Å²) >= 11 is 3.45. The molecule has 0 radical (unpaired) electrons. The smallest absolute Gasteiger partial charge is 0.204 e. The van der Waals surface area contributed by atoms with Crippen LogP contribution in [0.2, 0.25) is 0 Å². The number of Topliss-reactive ketones (excluding diaryl/α,β-unsaturated/α-hetero) is 4. The first-order valence-electron chi connectivity index (χ1n) is 12.7. The molecule has 7 rings (SSSR count). The second-order valence-corrected chi connectivity index (χ2v) is 11.3. The van der Waals surface area contributed by atoms with Crippen molar-refractivity contribution in [3.63, 3.8) is 0 Å². The highest BCUT2D eigenvalue weighted by molar-refractivity contribution is 9.10. The van der Waals surface area contributed by atoms with Gasteiger partial charge in [-0.15, -0.1) is 0 Å². The first-order valence-corrected chi connectivity index (χ1v) is 13.5. The fraction of sp³-hybridized carbons (Fsp3) is 0.152. The summed E-state index contributed by atoms with van der Waals surface area (Å²) in [5, 5.41) is 0. The molecule has 1 aliphatic heterocycles. The highest BCUT2D eigenvalue weighted by Crippen LogP contribution is 2.67. The molecule has 1 fully saturated rings. The average Bonchev–Trinajstić information content (AvgIpc) is 3.48. The van der Waals surface area contributed by atoms with Gasteiger partial charge < -0.3 is 4.74 Å². The van der Waals surface area contributed by atoms with Crippen LogP contribution in [-0.2, 0) is 4.74 Å². The van der Waals surface area contributed by atoms with E-state index in [2.05, 4.69) is 15.9 Å². The Morgan fingerprint density at radius 2 is 1.03 bits per heavy atom. The molecule has 1 saturated heterocycles. The molecule has 39 heavy (non-hydrogen) atoms. The van der Waals surface area contributed by atoms with Gasteiger partial charge in [-0.1, -0.05) is 106 Å². The predicted molar refractivity (Wildman–Crippen MR) is 147 cm³/mol. The Morgan fingerprint density at radius 3 is 1.51 bits per heavy atom. The second-order valence-electron chi connectivity index (χ2n) is 10.4. The van der Waals surface area contributed by atoms with Crippen LogP contribution in [0.15, 0.2) is 102 Å². The van der Waals surface area contributed by atoms with E-state index >= 15 is 0 Å². The molecular weight excluding hydrogens is 556 g/mol. The van der Waals surface area contributed by atoms with Crippen LogP contribution in [0.3, 0.4) is 0 Å². The summed E-state index contributed by atoms with van der Waals surface area (Å²) in [5.41, 5.74) is -0.879. The summed E-state index contributed by atoms with van der Waals surface area (Å²) in [6, 6.07) is 27.7. The van der Waals surface area contributed by atoms with E-state index in [1.807, 2.05) is 19.1 Å². The lowest BCUT2D eigenvalue weighted by atomic mass is 9.60. The zero-order chi connectivity index (χ0) is 27.1. The molecule has 4 aromatic rings. The molecule has 0 saturated carbocycles. The van der Waals surface area contributed by atoms with Gasteiger partial charge in [0, 0.05) is 26.7 Å². The van der Waals surface area contributed by atoms with Gasteiger partial charge >= 0.3 is 0 Å². The quantitative estimate of drug-likeness (QED) is 0.255. The van der Waals surface area contributed by atoms with Gasteiger partial charge in [0.25, 0.3) is 0 Å². The van der Waals surface area contributed by atoms with Crippen molar-refractivity contribution in [1.82, 2.24) is 0 Å². The summed E-state index contributed by atoms with van der Waals surface area (Å²) in [4.78, 5) is 58.0. The zero-order valence-electron chi connectivity index (χ0n) is 20.8. The normalized spacial score (nSPS) is 22.1. The molecule has 2 aliphatic carbocycles. The molecule has 0 N–H and O–H groups in total. The third kappa shape index (κ3) is 2.93. The Balaban J connectivity index is 1.59. The van der Waals surface area contributed by atoms with Crippen LogP contribution in [0, 0.1) is 12.3 Å². The highest BCUT2D eigenvalue weighted by atomic mass is 79.9. The van der Waals surface area contributed by atoms with Crippen LogP contribution in [0.4, 0.5) is 0 Å². The van der Waals surface area contributed by atoms with Crippen molar-refractivity contribution < 1.29 is 23.9 Å². The lowest BCUT2D eigenvalue weighted by Crippen LogP contribution is -2.51. The van der Waals surface area contributed by atoms with Crippen LogP contribution in [-0.4, -0.2) is 28.7 Å². The molecule has 0 unspecified atom stereocenters. The Hall–Kier alpha value is -4.00. The monoisotopic (exact) mass is 576 g/mol. The number of benzene rings is 4. The van der Waals surface area contributed by atoms with Crippen LogP contribution in [0.5, 0.6) is 0 Å². The minimum Gasteiger partial charge on any atom is -0.348 e. The van der Waals surface area contributed by atoms with E-state index in [-0.39, 0.29) is 22.3 Å². The van der Waals surface area contributed by atoms with Crippen molar-refractivity contribution in [3.8, 4) is 0 Å². The van der Waals surface area contributed by atoms with Crippen molar-refractivity contribution in [2.24, 2.45) is 5.41 Å². The van der Waals surface area contributed by atoms with Gasteiger partial charge in [-0.25, -0.2) is 0 Å². The maximum Gasteiger partial charge on any atom is 0.204 e. The first-order chi connectivity index (χ1) is 18.8. The molecule has 0 aromatic heterocycles. The highest BCUT2D eigenvalue weighted by Gasteiger charge is 2.79. The third-order valence-electron chi connectivity index (χ3n) is 8.42. The predicted octanol–water partition coefficient (Wildman–Crippen LogP) is 6.50. The number of rotatable bonds is 2. The summed E-state index contributed by atoms with van der Waals surface area (Å²) in [6.07, 6.45) is -1.17. The molecule has 190 valence electrons. The molecule has 0 bridgehead atoms. The lowest BCUT2D eigenvalue weighted by molar-refractivity contribution is -0.0210.